The number of carbonyl (C=O) groups is 2. The zero-order valence-corrected chi connectivity index (χ0v) is 16.0. The van der Waals surface area contributed by atoms with Crippen molar-refractivity contribution in [3.63, 3.8) is 0 Å². The summed E-state index contributed by atoms with van der Waals surface area (Å²) in [6.45, 7) is 3.95. The van der Waals surface area contributed by atoms with E-state index < -0.39 is 10.0 Å². The molecule has 0 radical (unpaired) electrons. The normalized spacial score (nSPS) is 20.0. The first-order valence-electron chi connectivity index (χ1n) is 8.99. The van der Waals surface area contributed by atoms with E-state index in [1.54, 1.807) is 23.1 Å². The molecule has 1 fully saturated rings. The molecule has 0 aliphatic carbocycles. The Morgan fingerprint density at radius 2 is 2.04 bits per heavy atom. The predicted molar refractivity (Wildman–Crippen MR) is 99.6 cm³/mol. The van der Waals surface area contributed by atoms with E-state index in [1.165, 1.54) is 10.6 Å². The van der Waals surface area contributed by atoms with E-state index in [9.17, 15) is 18.0 Å². The van der Waals surface area contributed by atoms with Gasteiger partial charge in [-0.15, -0.1) is 0 Å². The lowest BCUT2D eigenvalue weighted by atomic mass is 9.96. The summed E-state index contributed by atoms with van der Waals surface area (Å²) in [5, 5.41) is 2.83. The molecule has 7 nitrogen and oxygen atoms in total. The minimum Gasteiger partial charge on any atom is -0.356 e. The highest BCUT2D eigenvalue weighted by molar-refractivity contribution is 7.92. The van der Waals surface area contributed by atoms with E-state index in [1.807, 2.05) is 6.92 Å². The van der Waals surface area contributed by atoms with Gasteiger partial charge in [-0.2, -0.15) is 0 Å². The summed E-state index contributed by atoms with van der Waals surface area (Å²) in [6.07, 6.45) is 3.39. The number of hydrogen-bond donors (Lipinski definition) is 1. The van der Waals surface area contributed by atoms with Crippen molar-refractivity contribution in [1.29, 1.82) is 0 Å². The molecule has 0 saturated carbocycles. The minimum atomic E-state index is -3.30. The zero-order valence-electron chi connectivity index (χ0n) is 15.2. The number of amides is 2. The Morgan fingerprint density at radius 3 is 2.73 bits per heavy atom. The van der Waals surface area contributed by atoms with Crippen LogP contribution in [0.4, 0.5) is 5.69 Å². The highest BCUT2D eigenvalue weighted by atomic mass is 32.2. The van der Waals surface area contributed by atoms with Crippen LogP contribution in [0.25, 0.3) is 0 Å². The molecule has 142 valence electrons. The first-order valence-corrected chi connectivity index (χ1v) is 10.8. The number of nitrogens with one attached hydrogen (secondary N) is 1. The maximum atomic E-state index is 12.9. The van der Waals surface area contributed by atoms with Crippen LogP contribution in [-0.4, -0.2) is 57.6 Å². The molecule has 2 aliphatic rings. The van der Waals surface area contributed by atoms with Crippen molar-refractivity contribution < 1.29 is 18.0 Å². The molecule has 0 unspecified atom stereocenters. The molecule has 1 atom stereocenters. The van der Waals surface area contributed by atoms with Crippen molar-refractivity contribution in [2.24, 2.45) is 5.92 Å². The highest BCUT2D eigenvalue weighted by Gasteiger charge is 2.30. The number of likely N-dealkylation sites (tertiary alicyclic amines) is 1. The molecule has 2 aliphatic heterocycles. The summed E-state index contributed by atoms with van der Waals surface area (Å²) in [6, 6.07) is 5.18. The van der Waals surface area contributed by atoms with Crippen LogP contribution < -0.4 is 9.62 Å². The molecule has 0 bridgehead atoms. The Morgan fingerprint density at radius 1 is 1.27 bits per heavy atom. The quantitative estimate of drug-likeness (QED) is 0.845. The molecule has 0 aromatic heterocycles. The Hall–Kier alpha value is -2.09. The SMILES string of the molecule is CCNC(=O)[C@H]1CCCN(C(=O)c2ccc3c(c2)CCN3S(C)(=O)=O)C1. The summed E-state index contributed by atoms with van der Waals surface area (Å²) in [7, 11) is -3.30. The van der Waals surface area contributed by atoms with Gasteiger partial charge in [-0.25, -0.2) is 8.42 Å². The zero-order chi connectivity index (χ0) is 18.9. The van der Waals surface area contributed by atoms with Crippen molar-refractivity contribution in [2.45, 2.75) is 26.2 Å². The van der Waals surface area contributed by atoms with Crippen LogP contribution in [0, 0.1) is 5.92 Å². The van der Waals surface area contributed by atoms with E-state index in [0.29, 0.717) is 43.9 Å². The van der Waals surface area contributed by atoms with Crippen molar-refractivity contribution in [3.8, 4) is 0 Å². The van der Waals surface area contributed by atoms with Crippen LogP contribution >= 0.6 is 0 Å². The molecule has 1 saturated heterocycles. The summed E-state index contributed by atoms with van der Waals surface area (Å²) in [5.74, 6) is -0.259. The van der Waals surface area contributed by atoms with Gasteiger partial charge >= 0.3 is 0 Å². The molecule has 2 amide bonds. The first-order chi connectivity index (χ1) is 12.3. The predicted octanol–water partition coefficient (Wildman–Crippen LogP) is 0.997. The summed E-state index contributed by atoms with van der Waals surface area (Å²) < 4.78 is 25.0. The number of fused-ring (bicyclic) bond motifs is 1. The highest BCUT2D eigenvalue weighted by Crippen LogP contribution is 2.31. The van der Waals surface area contributed by atoms with Crippen LogP contribution in [-0.2, 0) is 21.2 Å². The molecule has 8 heteroatoms. The van der Waals surface area contributed by atoms with Crippen LogP contribution in [0.5, 0.6) is 0 Å². The number of anilines is 1. The minimum absolute atomic E-state index is 0.00254. The molecule has 2 heterocycles. The lowest BCUT2D eigenvalue weighted by molar-refractivity contribution is -0.126. The van der Waals surface area contributed by atoms with E-state index in [4.69, 9.17) is 0 Å². The van der Waals surface area contributed by atoms with Crippen LogP contribution in [0.2, 0.25) is 0 Å². The Bertz CT molecular complexity index is 822. The number of sulfonamides is 1. The van der Waals surface area contributed by atoms with Crippen molar-refractivity contribution in [3.05, 3.63) is 29.3 Å². The lowest BCUT2D eigenvalue weighted by Gasteiger charge is -2.32. The molecule has 26 heavy (non-hydrogen) atoms. The maximum absolute atomic E-state index is 12.9. The Labute approximate surface area is 154 Å². The maximum Gasteiger partial charge on any atom is 0.253 e. The molecule has 1 aromatic carbocycles. The third kappa shape index (κ3) is 3.70. The van der Waals surface area contributed by atoms with Gasteiger partial charge in [0.15, 0.2) is 0 Å². The van der Waals surface area contributed by atoms with Crippen LogP contribution in [0.3, 0.4) is 0 Å². The summed E-state index contributed by atoms with van der Waals surface area (Å²) in [5.41, 5.74) is 2.08. The van der Waals surface area contributed by atoms with Gasteiger partial charge in [0.2, 0.25) is 15.9 Å². The van der Waals surface area contributed by atoms with Crippen LogP contribution in [0.1, 0.15) is 35.7 Å². The molecular formula is C18H25N3O4S. The fourth-order valence-corrected chi connectivity index (χ4v) is 4.68. The lowest BCUT2D eigenvalue weighted by Crippen LogP contribution is -2.45. The average molecular weight is 379 g/mol. The van der Waals surface area contributed by atoms with E-state index in [0.717, 1.165) is 18.4 Å². The Balaban J connectivity index is 1.76. The largest absolute Gasteiger partial charge is 0.356 e. The fraction of sp³-hybridized carbons (Fsp3) is 0.556. The number of hydrogen-bond acceptors (Lipinski definition) is 4. The number of piperidine rings is 1. The molecular weight excluding hydrogens is 354 g/mol. The second-order valence-electron chi connectivity index (χ2n) is 6.91. The molecule has 0 spiro atoms. The number of nitrogens with zero attached hydrogens (tertiary/aromatic N) is 2. The third-order valence-electron chi connectivity index (χ3n) is 5.01. The molecule has 3 rings (SSSR count). The van der Waals surface area contributed by atoms with Gasteiger partial charge < -0.3 is 10.2 Å². The van der Waals surface area contributed by atoms with Crippen molar-refractivity contribution in [2.75, 3.05) is 36.7 Å². The monoisotopic (exact) mass is 379 g/mol. The number of rotatable bonds is 4. The van der Waals surface area contributed by atoms with Gasteiger partial charge in [-0.05, 0) is 49.9 Å². The van der Waals surface area contributed by atoms with Gasteiger partial charge in [-0.3, -0.25) is 13.9 Å². The molecule has 1 N–H and O–H groups in total. The number of benzene rings is 1. The standard InChI is InChI=1S/C18H25N3O4S/c1-3-19-17(22)15-5-4-9-20(12-15)18(23)14-6-7-16-13(11-14)8-10-21(16)26(2,24)25/h6-7,11,15H,3-5,8-10,12H2,1-2H3,(H,19,22)/t15-/m0/s1. The van der Waals surface area contributed by atoms with E-state index >= 15 is 0 Å². The second kappa shape index (κ2) is 7.26. The average Bonchev–Trinajstić information content (AvgIpc) is 3.05. The smallest absolute Gasteiger partial charge is 0.253 e. The van der Waals surface area contributed by atoms with Gasteiger partial charge in [0, 0.05) is 31.7 Å². The van der Waals surface area contributed by atoms with Gasteiger partial charge in [-0.1, -0.05) is 0 Å². The number of carbonyl (C=O) groups excluding carboxylic acids is 2. The van der Waals surface area contributed by atoms with Crippen molar-refractivity contribution >= 4 is 27.5 Å². The van der Waals surface area contributed by atoms with Crippen LogP contribution in [0.15, 0.2) is 18.2 Å². The van der Waals surface area contributed by atoms with E-state index in [-0.39, 0.29) is 17.7 Å². The third-order valence-corrected chi connectivity index (χ3v) is 6.19. The fourth-order valence-electron chi connectivity index (χ4n) is 3.73. The Kier molecular flexibility index (Phi) is 5.22. The topological polar surface area (TPSA) is 86.8 Å². The van der Waals surface area contributed by atoms with E-state index in [2.05, 4.69) is 5.32 Å². The summed E-state index contributed by atoms with van der Waals surface area (Å²) >= 11 is 0. The molecule has 1 aromatic rings. The van der Waals surface area contributed by atoms with Gasteiger partial charge in [0.25, 0.3) is 5.91 Å². The summed E-state index contributed by atoms with van der Waals surface area (Å²) in [4.78, 5) is 26.7. The first kappa shape index (κ1) is 18.7. The van der Waals surface area contributed by atoms with Crippen molar-refractivity contribution in [1.82, 2.24) is 10.2 Å². The van der Waals surface area contributed by atoms with Gasteiger partial charge in [0.1, 0.15) is 0 Å². The second-order valence-corrected chi connectivity index (χ2v) is 8.82. The van der Waals surface area contributed by atoms with Gasteiger partial charge in [0.05, 0.1) is 17.9 Å².